The van der Waals surface area contributed by atoms with Gasteiger partial charge in [-0.1, -0.05) is 31.1 Å². The number of hydrogen-bond donors (Lipinski definition) is 3. The van der Waals surface area contributed by atoms with Gasteiger partial charge < -0.3 is 16.3 Å². The monoisotopic (exact) mass is 249 g/mol. The molecule has 0 aliphatic heterocycles. The molecule has 98 valence electrons. The van der Waals surface area contributed by atoms with Gasteiger partial charge in [-0.25, -0.2) is 0 Å². The molecule has 0 saturated heterocycles. The maximum atomic E-state index is 11.9. The smallest absolute Gasteiger partial charge is 0.251 e. The number of amidine groups is 1. The zero-order chi connectivity index (χ0) is 13.5. The van der Waals surface area contributed by atoms with Gasteiger partial charge in [0.25, 0.3) is 5.91 Å². The van der Waals surface area contributed by atoms with Gasteiger partial charge in [-0.3, -0.25) is 4.79 Å². The Morgan fingerprint density at radius 1 is 1.28 bits per heavy atom. The number of nitrogens with two attached hydrogens (primary N) is 1. The highest BCUT2D eigenvalue weighted by Crippen LogP contribution is 2.06. The van der Waals surface area contributed by atoms with E-state index in [1.165, 1.54) is 0 Å². The van der Waals surface area contributed by atoms with Crippen molar-refractivity contribution in [3.05, 3.63) is 35.4 Å². The van der Waals surface area contributed by atoms with Crippen molar-refractivity contribution >= 4 is 11.7 Å². The van der Waals surface area contributed by atoms with Crippen LogP contribution in [0.1, 0.15) is 42.6 Å². The zero-order valence-corrected chi connectivity index (χ0v) is 10.7. The van der Waals surface area contributed by atoms with E-state index in [-0.39, 0.29) is 17.8 Å². The van der Waals surface area contributed by atoms with Crippen LogP contribution in [0, 0.1) is 0 Å². The summed E-state index contributed by atoms with van der Waals surface area (Å²) in [6.07, 6.45) is 1.81. The van der Waals surface area contributed by atoms with Crippen molar-refractivity contribution in [2.45, 2.75) is 32.7 Å². The summed E-state index contributed by atoms with van der Waals surface area (Å²) in [6.45, 7) is 4.08. The van der Waals surface area contributed by atoms with Crippen LogP contribution in [0.2, 0.25) is 0 Å². The van der Waals surface area contributed by atoms with Gasteiger partial charge in [0.1, 0.15) is 0 Å². The Morgan fingerprint density at radius 2 is 1.78 bits per heavy atom. The van der Waals surface area contributed by atoms with E-state index in [2.05, 4.69) is 10.5 Å². The average Bonchev–Trinajstić information content (AvgIpc) is 2.43. The molecule has 4 N–H and O–H groups in total. The highest BCUT2D eigenvalue weighted by molar-refractivity contribution is 5.99. The first kappa shape index (κ1) is 14.0. The largest absolute Gasteiger partial charge is 0.409 e. The van der Waals surface area contributed by atoms with Crippen molar-refractivity contribution in [2.24, 2.45) is 10.9 Å². The van der Waals surface area contributed by atoms with Crippen LogP contribution in [0.15, 0.2) is 29.4 Å². The molecule has 0 heterocycles. The molecule has 0 fully saturated rings. The Labute approximate surface area is 107 Å². The minimum absolute atomic E-state index is 0.0296. The van der Waals surface area contributed by atoms with Crippen LogP contribution in [0.25, 0.3) is 0 Å². The third kappa shape index (κ3) is 3.48. The molecule has 18 heavy (non-hydrogen) atoms. The summed E-state index contributed by atoms with van der Waals surface area (Å²) in [6, 6.07) is 6.81. The van der Waals surface area contributed by atoms with E-state index in [9.17, 15) is 4.79 Å². The van der Waals surface area contributed by atoms with Crippen molar-refractivity contribution < 1.29 is 10.0 Å². The van der Waals surface area contributed by atoms with Gasteiger partial charge in [0.2, 0.25) is 0 Å². The summed E-state index contributed by atoms with van der Waals surface area (Å²) in [5.41, 5.74) is 6.59. The second-order valence-corrected chi connectivity index (χ2v) is 4.05. The molecule has 0 unspecified atom stereocenters. The molecule has 1 aromatic rings. The van der Waals surface area contributed by atoms with Crippen molar-refractivity contribution in [3.8, 4) is 0 Å². The number of benzene rings is 1. The molecule has 0 atom stereocenters. The van der Waals surface area contributed by atoms with Gasteiger partial charge in [-0.15, -0.1) is 0 Å². The quantitative estimate of drug-likeness (QED) is 0.321. The Morgan fingerprint density at radius 3 is 2.22 bits per heavy atom. The fraction of sp³-hybridized carbons (Fsp3) is 0.385. The van der Waals surface area contributed by atoms with Gasteiger partial charge in [0.15, 0.2) is 5.84 Å². The first-order valence-electron chi connectivity index (χ1n) is 6.01. The number of carbonyl (C=O) groups is 1. The minimum Gasteiger partial charge on any atom is -0.409 e. The fourth-order valence-corrected chi connectivity index (χ4v) is 1.61. The lowest BCUT2D eigenvalue weighted by Crippen LogP contribution is -2.33. The van der Waals surface area contributed by atoms with Crippen LogP contribution in [-0.4, -0.2) is 23.0 Å². The second-order valence-electron chi connectivity index (χ2n) is 4.05. The van der Waals surface area contributed by atoms with Crippen molar-refractivity contribution in [1.29, 1.82) is 0 Å². The summed E-state index contributed by atoms with van der Waals surface area (Å²) < 4.78 is 0. The molecule has 0 aliphatic carbocycles. The van der Waals surface area contributed by atoms with Crippen LogP contribution in [-0.2, 0) is 0 Å². The van der Waals surface area contributed by atoms with E-state index in [0.29, 0.717) is 11.1 Å². The Bertz CT molecular complexity index is 422. The molecule has 0 bridgehead atoms. The van der Waals surface area contributed by atoms with Crippen LogP contribution in [0.4, 0.5) is 0 Å². The normalized spacial score (nSPS) is 11.6. The summed E-state index contributed by atoms with van der Waals surface area (Å²) in [5.74, 6) is -0.0725. The molecule has 0 aromatic heterocycles. The van der Waals surface area contributed by atoms with Crippen LogP contribution >= 0.6 is 0 Å². The lowest BCUT2D eigenvalue weighted by molar-refractivity contribution is 0.0935. The van der Waals surface area contributed by atoms with Crippen molar-refractivity contribution in [1.82, 2.24) is 5.32 Å². The molecule has 1 amide bonds. The summed E-state index contributed by atoms with van der Waals surface area (Å²) in [5, 5.41) is 14.4. The molecule has 5 heteroatoms. The summed E-state index contributed by atoms with van der Waals surface area (Å²) in [7, 11) is 0. The fourth-order valence-electron chi connectivity index (χ4n) is 1.61. The lowest BCUT2D eigenvalue weighted by Gasteiger charge is -2.14. The van der Waals surface area contributed by atoms with Gasteiger partial charge in [-0.05, 0) is 25.0 Å². The van der Waals surface area contributed by atoms with Gasteiger partial charge in [0, 0.05) is 17.2 Å². The predicted molar refractivity (Wildman–Crippen MR) is 70.8 cm³/mol. The number of oxime groups is 1. The zero-order valence-electron chi connectivity index (χ0n) is 10.7. The van der Waals surface area contributed by atoms with Crippen LogP contribution in [0.5, 0.6) is 0 Å². The summed E-state index contributed by atoms with van der Waals surface area (Å²) >= 11 is 0. The van der Waals surface area contributed by atoms with Crippen LogP contribution in [0.3, 0.4) is 0 Å². The van der Waals surface area contributed by atoms with E-state index in [0.717, 1.165) is 12.8 Å². The van der Waals surface area contributed by atoms with E-state index in [1.54, 1.807) is 24.3 Å². The third-order valence-electron chi connectivity index (χ3n) is 2.87. The van der Waals surface area contributed by atoms with E-state index in [4.69, 9.17) is 10.9 Å². The number of hydrogen-bond acceptors (Lipinski definition) is 3. The molecular formula is C13H19N3O2. The highest BCUT2D eigenvalue weighted by Gasteiger charge is 2.10. The lowest BCUT2D eigenvalue weighted by atomic mass is 10.1. The van der Waals surface area contributed by atoms with Crippen LogP contribution < -0.4 is 11.1 Å². The number of nitrogens with zero attached hydrogens (tertiary/aromatic N) is 1. The Kier molecular flexibility index (Phi) is 5.17. The van der Waals surface area contributed by atoms with E-state index >= 15 is 0 Å². The topological polar surface area (TPSA) is 87.7 Å². The molecule has 1 rings (SSSR count). The number of nitrogens with one attached hydrogen (secondary N) is 1. The first-order chi connectivity index (χ1) is 8.62. The predicted octanol–water partition coefficient (Wildman–Crippen LogP) is 1.70. The molecule has 5 nitrogen and oxygen atoms in total. The maximum Gasteiger partial charge on any atom is 0.251 e. The van der Waals surface area contributed by atoms with E-state index < -0.39 is 0 Å². The minimum atomic E-state index is -0.102. The number of amides is 1. The van der Waals surface area contributed by atoms with Crippen molar-refractivity contribution in [2.75, 3.05) is 0 Å². The van der Waals surface area contributed by atoms with Gasteiger partial charge >= 0.3 is 0 Å². The SMILES string of the molecule is CCC(CC)NC(=O)c1ccc(/C(N)=N/O)cc1. The van der Waals surface area contributed by atoms with E-state index in [1.807, 2.05) is 13.8 Å². The average molecular weight is 249 g/mol. The van der Waals surface area contributed by atoms with Crippen molar-refractivity contribution in [3.63, 3.8) is 0 Å². The second kappa shape index (κ2) is 6.64. The first-order valence-corrected chi connectivity index (χ1v) is 6.01. The Balaban J connectivity index is 2.76. The highest BCUT2D eigenvalue weighted by atomic mass is 16.4. The van der Waals surface area contributed by atoms with Gasteiger partial charge in [0.05, 0.1) is 0 Å². The van der Waals surface area contributed by atoms with Gasteiger partial charge in [-0.2, -0.15) is 0 Å². The number of carbonyl (C=O) groups excluding carboxylic acids is 1. The molecule has 1 aromatic carbocycles. The third-order valence-corrected chi connectivity index (χ3v) is 2.87. The molecule has 0 radical (unpaired) electrons. The maximum absolute atomic E-state index is 11.9. The summed E-state index contributed by atoms with van der Waals surface area (Å²) in [4.78, 5) is 11.9. The number of rotatable bonds is 5. The molecule has 0 saturated carbocycles. The standard InChI is InChI=1S/C13H19N3O2/c1-3-11(4-2)15-13(17)10-7-5-9(6-8-10)12(14)16-18/h5-8,11,18H,3-4H2,1-2H3,(H2,14,16)(H,15,17). The molecule has 0 aliphatic rings. The Hall–Kier alpha value is -2.04. The molecular weight excluding hydrogens is 230 g/mol. The molecule has 0 spiro atoms.